The largest absolute Gasteiger partial charge is 0.326 e. The van der Waals surface area contributed by atoms with E-state index in [0.717, 1.165) is 16.9 Å². The Labute approximate surface area is 108 Å². The molecule has 4 N–H and O–H groups in total. The van der Waals surface area contributed by atoms with Gasteiger partial charge in [-0.2, -0.15) is 5.10 Å². The predicted molar refractivity (Wildman–Crippen MR) is 67.3 cm³/mol. The van der Waals surface area contributed by atoms with Gasteiger partial charge >= 0.3 is 0 Å². The van der Waals surface area contributed by atoms with Crippen molar-refractivity contribution >= 4 is 21.4 Å². The van der Waals surface area contributed by atoms with Gasteiger partial charge in [0.2, 0.25) is 0 Å². The Balaban J connectivity index is 2.17. The van der Waals surface area contributed by atoms with Crippen LogP contribution in [0.5, 0.6) is 0 Å². The fourth-order valence-corrected chi connectivity index (χ4v) is 3.82. The molecule has 0 saturated carbocycles. The Morgan fingerprint density at radius 2 is 2.39 bits per heavy atom. The summed E-state index contributed by atoms with van der Waals surface area (Å²) in [6.07, 6.45) is 1.33. The zero-order valence-electron chi connectivity index (χ0n) is 9.62. The molecule has 0 aromatic carbocycles. The molecule has 0 fully saturated rings. The first-order valence-corrected chi connectivity index (χ1v) is 7.54. The van der Waals surface area contributed by atoms with E-state index in [1.54, 1.807) is 18.4 Å². The second kappa shape index (κ2) is 5.14. The van der Waals surface area contributed by atoms with Crippen LogP contribution >= 0.6 is 11.3 Å². The van der Waals surface area contributed by atoms with Crippen molar-refractivity contribution in [3.05, 3.63) is 29.2 Å². The van der Waals surface area contributed by atoms with Crippen LogP contribution in [0, 0.1) is 0 Å². The number of nitrogens with two attached hydrogens (primary N) is 1. The van der Waals surface area contributed by atoms with Crippen molar-refractivity contribution in [3.63, 3.8) is 0 Å². The molecule has 0 aliphatic rings. The molecule has 98 valence electrons. The first kappa shape index (κ1) is 13.1. The topological polar surface area (TPSA) is 114 Å². The van der Waals surface area contributed by atoms with Crippen molar-refractivity contribution in [2.24, 2.45) is 5.73 Å². The zero-order chi connectivity index (χ0) is 13.2. The number of nitrogens with zero attached hydrogens (tertiary/aromatic N) is 2. The first-order valence-electron chi connectivity index (χ1n) is 5.18. The maximum Gasteiger partial charge on any atom is 0.250 e. The minimum atomic E-state index is -3.55. The molecule has 9 heteroatoms. The predicted octanol–water partition coefficient (Wildman–Crippen LogP) is 0.364. The van der Waals surface area contributed by atoms with E-state index in [0.29, 0.717) is 12.4 Å². The molecular weight excluding hydrogens is 274 g/mol. The van der Waals surface area contributed by atoms with Gasteiger partial charge in [-0.3, -0.25) is 5.10 Å². The quantitative estimate of drug-likeness (QED) is 0.735. The molecule has 1 unspecified atom stereocenters. The summed E-state index contributed by atoms with van der Waals surface area (Å²) in [5, 5.41) is 8.03. The number of aromatic nitrogens is 3. The van der Waals surface area contributed by atoms with Crippen LogP contribution in [-0.4, -0.2) is 23.6 Å². The van der Waals surface area contributed by atoms with Crippen molar-refractivity contribution in [2.45, 2.75) is 23.7 Å². The van der Waals surface area contributed by atoms with Crippen LogP contribution < -0.4 is 10.5 Å². The second-order valence-electron chi connectivity index (χ2n) is 3.69. The second-order valence-corrected chi connectivity index (χ2v) is 6.54. The highest BCUT2D eigenvalue weighted by atomic mass is 32.2. The highest BCUT2D eigenvalue weighted by Gasteiger charge is 2.21. The lowest BCUT2D eigenvalue weighted by Crippen LogP contribution is -2.27. The SMILES string of the molecule is CC(NS(=O)(=O)c1cc(CN)cs1)c1ncn[nH]1. The molecule has 0 bridgehead atoms. The lowest BCUT2D eigenvalue weighted by Gasteiger charge is -2.10. The lowest BCUT2D eigenvalue weighted by atomic mass is 10.3. The van der Waals surface area contributed by atoms with Crippen LogP contribution in [0.4, 0.5) is 0 Å². The molecule has 2 aromatic heterocycles. The molecule has 2 rings (SSSR count). The third-order valence-electron chi connectivity index (χ3n) is 2.31. The van der Waals surface area contributed by atoms with Crippen LogP contribution in [0.1, 0.15) is 24.4 Å². The number of aromatic amines is 1. The van der Waals surface area contributed by atoms with Crippen molar-refractivity contribution in [2.75, 3.05) is 0 Å². The van der Waals surface area contributed by atoms with Gasteiger partial charge in [0.1, 0.15) is 16.4 Å². The summed E-state index contributed by atoms with van der Waals surface area (Å²) in [4.78, 5) is 3.91. The summed E-state index contributed by atoms with van der Waals surface area (Å²) < 4.78 is 26.9. The normalized spacial score (nSPS) is 13.7. The summed E-state index contributed by atoms with van der Waals surface area (Å²) in [6.45, 7) is 2.01. The molecule has 2 heterocycles. The van der Waals surface area contributed by atoms with Crippen LogP contribution in [-0.2, 0) is 16.6 Å². The Morgan fingerprint density at radius 3 is 2.94 bits per heavy atom. The van der Waals surface area contributed by atoms with E-state index in [9.17, 15) is 8.42 Å². The fourth-order valence-electron chi connectivity index (χ4n) is 1.37. The summed E-state index contributed by atoms with van der Waals surface area (Å²) in [5.74, 6) is 0.467. The minimum Gasteiger partial charge on any atom is -0.326 e. The lowest BCUT2D eigenvalue weighted by molar-refractivity contribution is 0.562. The summed E-state index contributed by atoms with van der Waals surface area (Å²) in [6, 6.07) is 1.10. The van der Waals surface area contributed by atoms with E-state index in [-0.39, 0.29) is 4.21 Å². The molecule has 0 saturated heterocycles. The van der Waals surface area contributed by atoms with E-state index < -0.39 is 16.1 Å². The number of H-pyrrole nitrogens is 1. The highest BCUT2D eigenvalue weighted by molar-refractivity contribution is 7.91. The van der Waals surface area contributed by atoms with Gasteiger partial charge in [0.15, 0.2) is 0 Å². The average molecular weight is 287 g/mol. The molecule has 1 atom stereocenters. The third kappa shape index (κ3) is 2.75. The molecule has 18 heavy (non-hydrogen) atoms. The van der Waals surface area contributed by atoms with Crippen LogP contribution in [0.2, 0.25) is 0 Å². The number of sulfonamides is 1. The van der Waals surface area contributed by atoms with Gasteiger partial charge < -0.3 is 5.73 Å². The minimum absolute atomic E-state index is 0.245. The monoisotopic (exact) mass is 287 g/mol. The summed E-state index contributed by atoms with van der Waals surface area (Å²) >= 11 is 1.14. The number of rotatable bonds is 5. The maximum absolute atomic E-state index is 12.1. The van der Waals surface area contributed by atoms with Gasteiger partial charge in [-0.05, 0) is 23.9 Å². The van der Waals surface area contributed by atoms with Crippen molar-refractivity contribution in [1.29, 1.82) is 0 Å². The van der Waals surface area contributed by atoms with E-state index in [2.05, 4.69) is 19.9 Å². The van der Waals surface area contributed by atoms with Crippen molar-refractivity contribution < 1.29 is 8.42 Å². The Morgan fingerprint density at radius 1 is 1.61 bits per heavy atom. The Bertz CT molecular complexity index is 605. The molecule has 7 nitrogen and oxygen atoms in total. The molecular formula is C9H13N5O2S2. The number of nitrogens with one attached hydrogen (secondary N) is 2. The average Bonchev–Trinajstić information content (AvgIpc) is 3.00. The van der Waals surface area contributed by atoms with E-state index in [4.69, 9.17) is 5.73 Å². The van der Waals surface area contributed by atoms with Gasteiger partial charge in [-0.1, -0.05) is 0 Å². The van der Waals surface area contributed by atoms with Crippen LogP contribution in [0.25, 0.3) is 0 Å². The van der Waals surface area contributed by atoms with Gasteiger partial charge in [0.25, 0.3) is 10.0 Å². The number of hydrogen-bond donors (Lipinski definition) is 3. The van der Waals surface area contributed by atoms with Crippen LogP contribution in [0.15, 0.2) is 22.0 Å². The summed E-state index contributed by atoms with van der Waals surface area (Å²) in [7, 11) is -3.55. The molecule has 0 radical (unpaired) electrons. The first-order chi connectivity index (χ1) is 8.53. The van der Waals surface area contributed by atoms with Gasteiger partial charge in [-0.25, -0.2) is 18.1 Å². The Kier molecular flexibility index (Phi) is 3.76. The van der Waals surface area contributed by atoms with Crippen molar-refractivity contribution in [1.82, 2.24) is 19.9 Å². The van der Waals surface area contributed by atoms with Crippen molar-refractivity contribution in [3.8, 4) is 0 Å². The molecule has 2 aromatic rings. The smallest absolute Gasteiger partial charge is 0.250 e. The highest BCUT2D eigenvalue weighted by Crippen LogP contribution is 2.21. The Hall–Kier alpha value is -1.29. The van der Waals surface area contributed by atoms with Gasteiger partial charge in [0, 0.05) is 6.54 Å². The molecule has 0 aliphatic heterocycles. The van der Waals surface area contributed by atoms with Gasteiger partial charge in [0.05, 0.1) is 6.04 Å². The fraction of sp³-hybridized carbons (Fsp3) is 0.333. The molecule has 0 spiro atoms. The van der Waals surface area contributed by atoms with Gasteiger partial charge in [-0.15, -0.1) is 11.3 Å². The third-order valence-corrected chi connectivity index (χ3v) is 5.34. The number of thiophene rings is 1. The van der Waals surface area contributed by atoms with Crippen LogP contribution in [0.3, 0.4) is 0 Å². The summed E-state index contributed by atoms with van der Waals surface area (Å²) in [5.41, 5.74) is 6.25. The van der Waals surface area contributed by atoms with E-state index >= 15 is 0 Å². The number of hydrogen-bond acceptors (Lipinski definition) is 6. The standard InChI is InChI=1S/C9H13N5O2S2/c1-6(9-11-5-12-13-9)14-18(15,16)8-2-7(3-10)4-17-8/h2,4-6,14H,3,10H2,1H3,(H,11,12,13). The van der Waals surface area contributed by atoms with E-state index in [1.807, 2.05) is 0 Å². The zero-order valence-corrected chi connectivity index (χ0v) is 11.3. The maximum atomic E-state index is 12.1. The van der Waals surface area contributed by atoms with E-state index in [1.165, 1.54) is 6.33 Å². The molecule has 0 aliphatic carbocycles. The molecule has 0 amide bonds.